The van der Waals surface area contributed by atoms with Crippen LogP contribution in [0.3, 0.4) is 0 Å². The first-order chi connectivity index (χ1) is 9.33. The average Bonchev–Trinajstić information content (AvgIpc) is 2.96. The highest BCUT2D eigenvalue weighted by Gasteiger charge is 2.31. The van der Waals surface area contributed by atoms with Gasteiger partial charge in [-0.2, -0.15) is 5.10 Å². The van der Waals surface area contributed by atoms with Crippen LogP contribution in [-0.2, 0) is 10.0 Å². The summed E-state index contributed by atoms with van der Waals surface area (Å²) in [5.41, 5.74) is -0.234. The molecule has 1 saturated carbocycles. The van der Waals surface area contributed by atoms with Gasteiger partial charge in [0.1, 0.15) is 4.90 Å². The summed E-state index contributed by atoms with van der Waals surface area (Å²) in [6.45, 7) is 3.32. The standard InChI is InChI=1S/C12H19N3O4S/c1-7(9-5-3-4-6-9)15-20(18,19)11-8(2)13-14-10(11)12(16)17/h7,9,15H,3-6H2,1-2H3,(H,13,14)(H,16,17)/t7-/m0/s1. The number of aromatic nitrogens is 2. The van der Waals surface area contributed by atoms with E-state index in [2.05, 4.69) is 14.9 Å². The van der Waals surface area contributed by atoms with Crippen LogP contribution in [-0.4, -0.2) is 35.7 Å². The first-order valence-corrected chi connectivity index (χ1v) is 8.12. The van der Waals surface area contributed by atoms with E-state index >= 15 is 0 Å². The molecule has 8 heteroatoms. The number of aryl methyl sites for hydroxylation is 1. The largest absolute Gasteiger partial charge is 0.476 e. The maximum absolute atomic E-state index is 12.4. The molecule has 3 N–H and O–H groups in total. The van der Waals surface area contributed by atoms with E-state index in [1.807, 2.05) is 6.92 Å². The number of aromatic amines is 1. The Labute approximate surface area is 117 Å². The predicted octanol–water partition coefficient (Wildman–Crippen LogP) is 1.27. The number of carbonyl (C=O) groups is 1. The zero-order chi connectivity index (χ0) is 14.9. The van der Waals surface area contributed by atoms with Gasteiger partial charge in [0, 0.05) is 6.04 Å². The fourth-order valence-electron chi connectivity index (χ4n) is 2.75. The molecule has 0 unspecified atom stereocenters. The molecule has 1 fully saturated rings. The molecule has 1 aliphatic carbocycles. The molecule has 0 radical (unpaired) electrons. The van der Waals surface area contributed by atoms with Crippen molar-refractivity contribution in [3.8, 4) is 0 Å². The molecule has 0 spiro atoms. The topological polar surface area (TPSA) is 112 Å². The molecular weight excluding hydrogens is 282 g/mol. The van der Waals surface area contributed by atoms with Gasteiger partial charge in [0.2, 0.25) is 10.0 Å². The van der Waals surface area contributed by atoms with Crippen LogP contribution in [0.1, 0.15) is 48.8 Å². The van der Waals surface area contributed by atoms with Crippen LogP contribution in [0.2, 0.25) is 0 Å². The Hall–Kier alpha value is -1.41. The Morgan fingerprint density at radius 3 is 2.60 bits per heavy atom. The summed E-state index contributed by atoms with van der Waals surface area (Å²) in [7, 11) is -3.88. The van der Waals surface area contributed by atoms with Crippen molar-refractivity contribution in [1.82, 2.24) is 14.9 Å². The van der Waals surface area contributed by atoms with Crippen molar-refractivity contribution in [2.45, 2.75) is 50.5 Å². The Morgan fingerprint density at radius 2 is 2.05 bits per heavy atom. The summed E-state index contributed by atoms with van der Waals surface area (Å²) in [5.74, 6) is -1.05. The van der Waals surface area contributed by atoms with Crippen LogP contribution < -0.4 is 4.72 Å². The molecule has 1 aromatic rings. The van der Waals surface area contributed by atoms with Crippen molar-refractivity contribution >= 4 is 16.0 Å². The van der Waals surface area contributed by atoms with Crippen LogP contribution in [0, 0.1) is 12.8 Å². The summed E-state index contributed by atoms with van der Waals surface area (Å²) < 4.78 is 27.3. The Balaban J connectivity index is 2.26. The fraction of sp³-hybridized carbons (Fsp3) is 0.667. The molecule has 7 nitrogen and oxygen atoms in total. The molecule has 0 aliphatic heterocycles. The molecule has 1 heterocycles. The van der Waals surface area contributed by atoms with E-state index in [1.54, 1.807) is 0 Å². The first kappa shape index (κ1) is 15.0. The molecule has 1 aromatic heterocycles. The number of H-pyrrole nitrogens is 1. The van der Waals surface area contributed by atoms with Gasteiger partial charge < -0.3 is 5.11 Å². The molecule has 0 bridgehead atoms. The molecule has 20 heavy (non-hydrogen) atoms. The lowest BCUT2D eigenvalue weighted by Crippen LogP contribution is -2.37. The summed E-state index contributed by atoms with van der Waals surface area (Å²) in [6.07, 6.45) is 4.23. The number of rotatable bonds is 5. The Bertz CT molecular complexity index is 602. The van der Waals surface area contributed by atoms with Crippen molar-refractivity contribution in [3.05, 3.63) is 11.4 Å². The molecular formula is C12H19N3O4S. The van der Waals surface area contributed by atoms with E-state index in [9.17, 15) is 13.2 Å². The van der Waals surface area contributed by atoms with E-state index in [4.69, 9.17) is 5.11 Å². The number of hydrogen-bond donors (Lipinski definition) is 3. The van der Waals surface area contributed by atoms with Gasteiger partial charge in [-0.1, -0.05) is 12.8 Å². The summed E-state index contributed by atoms with van der Waals surface area (Å²) in [6, 6.07) is -0.210. The number of nitrogens with zero attached hydrogens (tertiary/aromatic N) is 1. The fourth-order valence-corrected chi connectivity index (χ4v) is 4.39. The second-order valence-electron chi connectivity index (χ2n) is 5.29. The van der Waals surface area contributed by atoms with E-state index in [0.29, 0.717) is 5.92 Å². The zero-order valence-corrected chi connectivity index (χ0v) is 12.3. The van der Waals surface area contributed by atoms with Gasteiger partial charge in [0.25, 0.3) is 0 Å². The normalized spacial score (nSPS) is 18.3. The third-order valence-corrected chi connectivity index (χ3v) is 5.53. The van der Waals surface area contributed by atoms with Gasteiger partial charge in [-0.15, -0.1) is 0 Å². The Kier molecular flexibility index (Phi) is 4.14. The second kappa shape index (κ2) is 5.53. The third-order valence-electron chi connectivity index (χ3n) is 3.81. The van der Waals surface area contributed by atoms with Crippen molar-refractivity contribution in [3.63, 3.8) is 0 Å². The smallest absolute Gasteiger partial charge is 0.357 e. The second-order valence-corrected chi connectivity index (χ2v) is 6.94. The average molecular weight is 301 g/mol. The highest BCUT2D eigenvalue weighted by atomic mass is 32.2. The minimum Gasteiger partial charge on any atom is -0.476 e. The monoisotopic (exact) mass is 301 g/mol. The Morgan fingerprint density at radius 1 is 1.45 bits per heavy atom. The van der Waals surface area contributed by atoms with Crippen LogP contribution in [0.25, 0.3) is 0 Å². The van der Waals surface area contributed by atoms with Crippen molar-refractivity contribution in [2.24, 2.45) is 5.92 Å². The molecule has 1 atom stereocenters. The van der Waals surface area contributed by atoms with E-state index < -0.39 is 21.7 Å². The highest BCUT2D eigenvalue weighted by molar-refractivity contribution is 7.89. The molecule has 1 aliphatic rings. The van der Waals surface area contributed by atoms with Gasteiger partial charge in [0.15, 0.2) is 5.69 Å². The van der Waals surface area contributed by atoms with Crippen LogP contribution >= 0.6 is 0 Å². The SMILES string of the molecule is Cc1[nH]nc(C(=O)O)c1S(=O)(=O)N[C@@H](C)C1CCCC1. The van der Waals surface area contributed by atoms with Gasteiger partial charge in [-0.3, -0.25) is 5.10 Å². The van der Waals surface area contributed by atoms with Crippen LogP contribution in [0.5, 0.6) is 0 Å². The molecule has 2 rings (SSSR count). The molecule has 0 amide bonds. The molecule has 0 saturated heterocycles. The predicted molar refractivity (Wildman–Crippen MR) is 72.0 cm³/mol. The number of carboxylic acids is 1. The summed E-state index contributed by atoms with van der Waals surface area (Å²) in [5, 5.41) is 15.0. The molecule has 0 aromatic carbocycles. The minimum absolute atomic E-state index is 0.210. The van der Waals surface area contributed by atoms with Crippen LogP contribution in [0.15, 0.2) is 4.90 Å². The van der Waals surface area contributed by atoms with Crippen molar-refractivity contribution < 1.29 is 18.3 Å². The maximum atomic E-state index is 12.4. The highest BCUT2D eigenvalue weighted by Crippen LogP contribution is 2.28. The van der Waals surface area contributed by atoms with E-state index in [1.165, 1.54) is 6.92 Å². The third kappa shape index (κ3) is 2.85. The van der Waals surface area contributed by atoms with Crippen molar-refractivity contribution in [2.75, 3.05) is 0 Å². The van der Waals surface area contributed by atoms with Gasteiger partial charge in [-0.05, 0) is 32.6 Å². The molecule has 112 valence electrons. The number of sulfonamides is 1. The summed E-state index contributed by atoms with van der Waals surface area (Å²) >= 11 is 0. The van der Waals surface area contributed by atoms with E-state index in [0.717, 1.165) is 25.7 Å². The number of hydrogen-bond acceptors (Lipinski definition) is 4. The lowest BCUT2D eigenvalue weighted by atomic mass is 10.0. The maximum Gasteiger partial charge on any atom is 0.357 e. The lowest BCUT2D eigenvalue weighted by molar-refractivity contribution is 0.0686. The number of aromatic carboxylic acids is 1. The minimum atomic E-state index is -3.88. The van der Waals surface area contributed by atoms with Crippen LogP contribution in [0.4, 0.5) is 0 Å². The number of carboxylic acid groups (broad SMARTS) is 1. The number of nitrogens with one attached hydrogen (secondary N) is 2. The van der Waals surface area contributed by atoms with Gasteiger partial charge in [-0.25, -0.2) is 17.9 Å². The quantitative estimate of drug-likeness (QED) is 0.758. The van der Waals surface area contributed by atoms with Crippen molar-refractivity contribution in [1.29, 1.82) is 0 Å². The van der Waals surface area contributed by atoms with Gasteiger partial charge in [0.05, 0.1) is 5.69 Å². The van der Waals surface area contributed by atoms with Gasteiger partial charge >= 0.3 is 5.97 Å². The zero-order valence-electron chi connectivity index (χ0n) is 11.5. The first-order valence-electron chi connectivity index (χ1n) is 6.63. The lowest BCUT2D eigenvalue weighted by Gasteiger charge is -2.20. The summed E-state index contributed by atoms with van der Waals surface area (Å²) in [4.78, 5) is 10.8. The van der Waals surface area contributed by atoms with E-state index in [-0.39, 0.29) is 16.6 Å².